The van der Waals surface area contributed by atoms with Gasteiger partial charge in [0.25, 0.3) is 0 Å². The number of carboxylic acids is 1. The smallest absolute Gasteiger partial charge is 0.362 e. The predicted octanol–water partition coefficient (Wildman–Crippen LogP) is 12.6. The molecule has 336 valence electrons. The third-order valence-corrected chi connectivity index (χ3v) is 9.27. The molecule has 0 rings (SSSR count). The van der Waals surface area contributed by atoms with Crippen molar-refractivity contribution in [1.82, 2.24) is 0 Å². The summed E-state index contributed by atoms with van der Waals surface area (Å²) in [4.78, 5) is 37.0. The topological polar surface area (TPSA) is 99.1 Å². The largest absolute Gasteiger partial charge is 0.477 e. The van der Waals surface area contributed by atoms with Crippen LogP contribution in [0.5, 0.6) is 0 Å². The van der Waals surface area contributed by atoms with E-state index in [9.17, 15) is 19.5 Å². The molecule has 0 heterocycles. The van der Waals surface area contributed by atoms with E-state index in [1.54, 1.807) is 0 Å². The number of esters is 2. The fraction of sp³-hybridized carbons (Fsp3) is 0.558. The van der Waals surface area contributed by atoms with E-state index in [4.69, 9.17) is 14.2 Å². The SMILES string of the molecule is CC/C=C/C=C/C=C/C=C/C=C/C=C/CCCCCC(=O)OCC(COCCC(C(=O)O)[N+](C)(C)C)OC(=O)CCCCCCCC/C=C/C/C=C/C/C=C/C/C=C/CC. The first-order valence-corrected chi connectivity index (χ1v) is 22.7. The molecule has 2 atom stereocenters. The Morgan fingerprint density at radius 3 is 1.52 bits per heavy atom. The van der Waals surface area contributed by atoms with Gasteiger partial charge in [-0.1, -0.05) is 167 Å². The summed E-state index contributed by atoms with van der Waals surface area (Å²) in [6.45, 7) is 4.39. The molecule has 0 amide bonds. The number of quaternary nitrogens is 1. The number of hydrogen-bond donors (Lipinski definition) is 1. The standard InChI is InChI=1S/C52H81NO7/c1-6-8-10-12-14-16-18-20-22-24-25-27-29-31-33-35-37-39-41-43-51(55)60-48(46-58-45-44-49(52(56)57)53(3,4)5)47-59-50(54)42-40-38-36-34-32-30-28-26-23-21-19-17-15-13-11-9-7-2/h8-11,13-17,19-23,25-28,30,32,48-49H,6-7,12,18,24,29,31,33-47H2,1-5H3/p+1/b10-8+,11-9+,15-13+,16-14+,19-17+,22-20+,23-21+,27-25+,28-26+,32-30+. The summed E-state index contributed by atoms with van der Waals surface area (Å²) in [7, 11) is 5.49. The highest BCUT2D eigenvalue weighted by atomic mass is 16.6. The lowest BCUT2D eigenvalue weighted by molar-refractivity contribution is -0.887. The molecule has 0 radical (unpaired) electrons. The Labute approximate surface area is 365 Å². The van der Waals surface area contributed by atoms with Gasteiger partial charge >= 0.3 is 17.9 Å². The highest BCUT2D eigenvalue weighted by Gasteiger charge is 2.31. The molecule has 0 fully saturated rings. The molecule has 0 aromatic rings. The summed E-state index contributed by atoms with van der Waals surface area (Å²) < 4.78 is 17.2. The van der Waals surface area contributed by atoms with Gasteiger partial charge in [0.1, 0.15) is 6.61 Å². The number of carboxylic acid groups (broad SMARTS) is 1. The predicted molar refractivity (Wildman–Crippen MR) is 252 cm³/mol. The number of carbonyl (C=O) groups excluding carboxylic acids is 2. The van der Waals surface area contributed by atoms with Crippen LogP contribution in [0.4, 0.5) is 0 Å². The van der Waals surface area contributed by atoms with Crippen LogP contribution in [-0.4, -0.2) is 80.6 Å². The fourth-order valence-electron chi connectivity index (χ4n) is 5.82. The van der Waals surface area contributed by atoms with Crippen LogP contribution < -0.4 is 0 Å². The Morgan fingerprint density at radius 2 is 0.967 bits per heavy atom. The molecular formula is C52H82NO7+. The lowest BCUT2D eigenvalue weighted by Crippen LogP contribution is -2.50. The number of aliphatic carboxylic acids is 1. The van der Waals surface area contributed by atoms with E-state index in [1.807, 2.05) is 81.9 Å². The first kappa shape index (κ1) is 55.7. The van der Waals surface area contributed by atoms with Crippen LogP contribution in [-0.2, 0) is 28.6 Å². The van der Waals surface area contributed by atoms with Crippen LogP contribution in [0.15, 0.2) is 122 Å². The normalized spacial score (nSPS) is 14.1. The first-order valence-electron chi connectivity index (χ1n) is 22.7. The molecule has 1 N–H and O–H groups in total. The Hall–Kier alpha value is -4.27. The van der Waals surface area contributed by atoms with Crippen LogP contribution in [0.25, 0.3) is 0 Å². The van der Waals surface area contributed by atoms with Crippen molar-refractivity contribution in [3.8, 4) is 0 Å². The monoisotopic (exact) mass is 833 g/mol. The minimum Gasteiger partial charge on any atom is -0.477 e. The minimum atomic E-state index is -0.891. The van der Waals surface area contributed by atoms with Crippen molar-refractivity contribution in [3.63, 3.8) is 0 Å². The number of nitrogens with zero attached hydrogens (tertiary/aromatic N) is 1. The van der Waals surface area contributed by atoms with Gasteiger partial charge in [0, 0.05) is 19.3 Å². The van der Waals surface area contributed by atoms with Gasteiger partial charge in [-0.3, -0.25) is 9.59 Å². The van der Waals surface area contributed by atoms with E-state index in [0.717, 1.165) is 83.5 Å². The van der Waals surface area contributed by atoms with Crippen LogP contribution in [0.2, 0.25) is 0 Å². The van der Waals surface area contributed by atoms with Gasteiger partial charge in [-0.05, 0) is 70.6 Å². The van der Waals surface area contributed by atoms with Gasteiger partial charge in [-0.2, -0.15) is 0 Å². The fourth-order valence-corrected chi connectivity index (χ4v) is 5.82. The maximum Gasteiger partial charge on any atom is 0.362 e. The van der Waals surface area contributed by atoms with Crippen LogP contribution >= 0.6 is 0 Å². The second-order valence-electron chi connectivity index (χ2n) is 15.7. The van der Waals surface area contributed by atoms with Crippen LogP contribution in [0, 0.1) is 0 Å². The van der Waals surface area contributed by atoms with Crippen molar-refractivity contribution in [2.75, 3.05) is 41.0 Å². The molecule has 0 bridgehead atoms. The van der Waals surface area contributed by atoms with Gasteiger partial charge in [0.2, 0.25) is 0 Å². The van der Waals surface area contributed by atoms with Crippen LogP contribution in [0.3, 0.4) is 0 Å². The van der Waals surface area contributed by atoms with Crippen molar-refractivity contribution < 1.29 is 38.2 Å². The zero-order valence-electron chi connectivity index (χ0n) is 38.1. The first-order chi connectivity index (χ1) is 29.1. The second-order valence-corrected chi connectivity index (χ2v) is 15.7. The summed E-state index contributed by atoms with van der Waals surface area (Å²) >= 11 is 0. The van der Waals surface area contributed by atoms with E-state index in [1.165, 1.54) is 12.8 Å². The quantitative estimate of drug-likeness (QED) is 0.0217. The highest BCUT2D eigenvalue weighted by Crippen LogP contribution is 2.13. The van der Waals surface area contributed by atoms with Crippen molar-refractivity contribution in [2.24, 2.45) is 0 Å². The number of allylic oxidation sites excluding steroid dienone is 20. The molecule has 0 saturated carbocycles. The Morgan fingerprint density at radius 1 is 0.517 bits per heavy atom. The molecule has 8 heteroatoms. The van der Waals surface area contributed by atoms with E-state index in [2.05, 4.69) is 74.6 Å². The molecule has 0 aliphatic rings. The average Bonchev–Trinajstić information content (AvgIpc) is 3.21. The molecular weight excluding hydrogens is 751 g/mol. The lowest BCUT2D eigenvalue weighted by Gasteiger charge is -2.31. The molecule has 0 aliphatic heterocycles. The van der Waals surface area contributed by atoms with Gasteiger partial charge in [0.05, 0.1) is 34.4 Å². The number of unbranched alkanes of at least 4 members (excludes halogenated alkanes) is 9. The zero-order chi connectivity index (χ0) is 44.2. The van der Waals surface area contributed by atoms with Crippen molar-refractivity contribution in [2.45, 2.75) is 148 Å². The third kappa shape index (κ3) is 39.2. The maximum absolute atomic E-state index is 12.8. The van der Waals surface area contributed by atoms with Gasteiger partial charge in [-0.15, -0.1) is 0 Å². The van der Waals surface area contributed by atoms with Gasteiger partial charge in [0.15, 0.2) is 12.1 Å². The van der Waals surface area contributed by atoms with Crippen molar-refractivity contribution >= 4 is 17.9 Å². The summed E-state index contributed by atoms with van der Waals surface area (Å²) in [6, 6.07) is -0.633. The second kappa shape index (κ2) is 41.5. The van der Waals surface area contributed by atoms with Crippen LogP contribution in [0.1, 0.15) is 136 Å². The molecule has 0 spiro atoms. The third-order valence-electron chi connectivity index (χ3n) is 9.27. The number of rotatable bonds is 38. The van der Waals surface area contributed by atoms with E-state index in [0.29, 0.717) is 25.7 Å². The Kier molecular flexibility index (Phi) is 38.5. The number of carbonyl (C=O) groups is 3. The summed E-state index contributed by atoms with van der Waals surface area (Å²) in [5.41, 5.74) is 0. The Balaban J connectivity index is 4.48. The molecule has 0 saturated heterocycles. The molecule has 0 aromatic heterocycles. The Bertz CT molecular complexity index is 1390. The zero-order valence-corrected chi connectivity index (χ0v) is 38.1. The average molecular weight is 833 g/mol. The molecule has 0 aliphatic carbocycles. The van der Waals surface area contributed by atoms with Crippen molar-refractivity contribution in [1.29, 1.82) is 0 Å². The van der Waals surface area contributed by atoms with E-state index >= 15 is 0 Å². The number of ether oxygens (including phenoxy) is 3. The highest BCUT2D eigenvalue weighted by molar-refractivity contribution is 5.72. The molecule has 8 nitrogen and oxygen atoms in total. The summed E-state index contributed by atoms with van der Waals surface area (Å²) in [6.07, 6.45) is 58.1. The lowest BCUT2D eigenvalue weighted by atomic mass is 10.1. The number of hydrogen-bond acceptors (Lipinski definition) is 6. The number of likely N-dealkylation sites (N-methyl/N-ethyl adjacent to an activating group) is 1. The summed E-state index contributed by atoms with van der Waals surface area (Å²) in [5.74, 6) is -1.56. The van der Waals surface area contributed by atoms with E-state index < -0.39 is 18.1 Å². The molecule has 0 aromatic carbocycles. The van der Waals surface area contributed by atoms with E-state index in [-0.39, 0.29) is 36.2 Å². The minimum absolute atomic E-state index is 0.0311. The molecule has 2 unspecified atom stereocenters. The van der Waals surface area contributed by atoms with Gasteiger partial charge < -0.3 is 23.8 Å². The molecule has 60 heavy (non-hydrogen) atoms. The van der Waals surface area contributed by atoms with Crippen molar-refractivity contribution in [3.05, 3.63) is 122 Å². The maximum atomic E-state index is 12.8. The van der Waals surface area contributed by atoms with Gasteiger partial charge in [-0.25, -0.2) is 4.79 Å². The summed E-state index contributed by atoms with van der Waals surface area (Å²) in [5, 5.41) is 9.63.